The lowest BCUT2D eigenvalue weighted by atomic mass is 9.89. The van der Waals surface area contributed by atoms with Crippen LogP contribution in [0, 0.1) is 17.8 Å². The summed E-state index contributed by atoms with van der Waals surface area (Å²) in [6, 6.07) is 0. The number of rotatable bonds is 10. The summed E-state index contributed by atoms with van der Waals surface area (Å²) in [6.45, 7) is 8.28. The van der Waals surface area contributed by atoms with Crippen LogP contribution in [-0.4, -0.2) is 35.5 Å². The van der Waals surface area contributed by atoms with Crippen molar-refractivity contribution in [2.75, 3.05) is 7.11 Å². The van der Waals surface area contributed by atoms with Crippen molar-refractivity contribution in [1.29, 1.82) is 0 Å². The van der Waals surface area contributed by atoms with Crippen LogP contribution < -0.4 is 0 Å². The van der Waals surface area contributed by atoms with Crippen LogP contribution in [0.2, 0.25) is 0 Å². The minimum absolute atomic E-state index is 0.194. The smallest absolute Gasteiger partial charge is 0.334 e. The first kappa shape index (κ1) is 19.4. The molecule has 0 aromatic heterocycles. The lowest BCUT2D eigenvalue weighted by Crippen LogP contribution is -2.30. The molecular formula is C16H32O4. The Kier molecular flexibility index (Phi) is 9.86. The Morgan fingerprint density at radius 3 is 2.05 bits per heavy atom. The highest BCUT2D eigenvalue weighted by atomic mass is 16.5. The van der Waals surface area contributed by atoms with E-state index in [1.807, 2.05) is 0 Å². The number of ether oxygens (including phenoxy) is 1. The van der Waals surface area contributed by atoms with E-state index in [1.165, 1.54) is 13.5 Å². The topological polar surface area (TPSA) is 66.8 Å². The molecule has 0 aromatic rings. The number of carbonyl (C=O) groups is 1. The molecule has 4 unspecified atom stereocenters. The van der Waals surface area contributed by atoms with Gasteiger partial charge in [-0.2, -0.15) is 0 Å². The summed E-state index contributed by atoms with van der Waals surface area (Å²) in [4.78, 5) is 11.2. The standard InChI is InChI=1S/C16H32O4/c1-11(2)7-6-8-12(3)14(17)10-9-13(4)15(18)16(19)20-5/h11-15,17-18H,6-10H2,1-5H3. The van der Waals surface area contributed by atoms with Crippen LogP contribution in [0.15, 0.2) is 0 Å². The quantitative estimate of drug-likeness (QED) is 0.607. The molecule has 4 atom stereocenters. The third-order valence-corrected chi connectivity index (χ3v) is 4.00. The normalized spacial score (nSPS) is 17.6. The Hall–Kier alpha value is -0.610. The first-order valence-corrected chi connectivity index (χ1v) is 7.73. The molecule has 20 heavy (non-hydrogen) atoms. The summed E-state index contributed by atoms with van der Waals surface area (Å²) in [5.74, 6) is 0.169. The van der Waals surface area contributed by atoms with Crippen LogP contribution in [0.1, 0.15) is 59.8 Å². The molecule has 0 heterocycles. The van der Waals surface area contributed by atoms with E-state index in [9.17, 15) is 15.0 Å². The Balaban J connectivity index is 3.95. The number of aliphatic hydroxyl groups is 2. The van der Waals surface area contributed by atoms with E-state index in [4.69, 9.17) is 0 Å². The van der Waals surface area contributed by atoms with E-state index in [2.05, 4.69) is 25.5 Å². The van der Waals surface area contributed by atoms with E-state index < -0.39 is 12.1 Å². The van der Waals surface area contributed by atoms with Gasteiger partial charge in [-0.1, -0.05) is 40.5 Å². The summed E-state index contributed by atoms with van der Waals surface area (Å²) in [6.07, 6.45) is 3.11. The number of aliphatic hydroxyl groups excluding tert-OH is 2. The molecule has 0 aliphatic heterocycles. The summed E-state index contributed by atoms with van der Waals surface area (Å²) >= 11 is 0. The zero-order valence-electron chi connectivity index (χ0n) is 13.6. The second-order valence-corrected chi connectivity index (χ2v) is 6.39. The lowest BCUT2D eigenvalue weighted by molar-refractivity contribution is -0.153. The molecule has 0 aliphatic rings. The molecule has 0 saturated heterocycles. The van der Waals surface area contributed by atoms with Crippen molar-refractivity contribution in [1.82, 2.24) is 0 Å². The first-order valence-electron chi connectivity index (χ1n) is 7.73. The highest BCUT2D eigenvalue weighted by molar-refractivity contribution is 5.74. The SMILES string of the molecule is COC(=O)C(O)C(C)CCC(O)C(C)CCCC(C)C. The molecular weight excluding hydrogens is 256 g/mol. The molecule has 0 aromatic carbocycles. The van der Waals surface area contributed by atoms with Crippen LogP contribution in [0.4, 0.5) is 0 Å². The Bertz CT molecular complexity index is 265. The predicted molar refractivity (Wildman–Crippen MR) is 80.3 cm³/mol. The van der Waals surface area contributed by atoms with Gasteiger partial charge >= 0.3 is 5.97 Å². The average molecular weight is 288 g/mol. The minimum Gasteiger partial charge on any atom is -0.467 e. The van der Waals surface area contributed by atoms with Gasteiger partial charge in [0, 0.05) is 0 Å². The monoisotopic (exact) mass is 288 g/mol. The van der Waals surface area contributed by atoms with Crippen LogP contribution in [0.3, 0.4) is 0 Å². The fraction of sp³-hybridized carbons (Fsp3) is 0.938. The van der Waals surface area contributed by atoms with E-state index in [0.29, 0.717) is 18.8 Å². The van der Waals surface area contributed by atoms with Gasteiger partial charge in [-0.3, -0.25) is 0 Å². The molecule has 4 nitrogen and oxygen atoms in total. The van der Waals surface area contributed by atoms with Crippen molar-refractivity contribution in [3.63, 3.8) is 0 Å². The van der Waals surface area contributed by atoms with Gasteiger partial charge in [0.2, 0.25) is 0 Å². The average Bonchev–Trinajstić information content (AvgIpc) is 2.41. The van der Waals surface area contributed by atoms with Crippen molar-refractivity contribution in [3.05, 3.63) is 0 Å². The van der Waals surface area contributed by atoms with E-state index in [0.717, 1.165) is 12.8 Å². The van der Waals surface area contributed by atoms with Gasteiger partial charge in [0.25, 0.3) is 0 Å². The molecule has 0 rings (SSSR count). The first-order chi connectivity index (χ1) is 9.29. The van der Waals surface area contributed by atoms with E-state index >= 15 is 0 Å². The molecule has 0 radical (unpaired) electrons. The molecule has 0 spiro atoms. The van der Waals surface area contributed by atoms with Crippen molar-refractivity contribution >= 4 is 5.97 Å². The summed E-state index contributed by atoms with van der Waals surface area (Å²) in [7, 11) is 1.27. The molecule has 0 aliphatic carbocycles. The Morgan fingerprint density at radius 1 is 0.950 bits per heavy atom. The molecule has 4 heteroatoms. The third-order valence-electron chi connectivity index (χ3n) is 4.00. The van der Waals surface area contributed by atoms with Gasteiger partial charge in [0.1, 0.15) is 0 Å². The Labute approximate surface area is 123 Å². The van der Waals surface area contributed by atoms with Crippen molar-refractivity contribution in [2.45, 2.75) is 72.0 Å². The second-order valence-electron chi connectivity index (χ2n) is 6.39. The zero-order valence-corrected chi connectivity index (χ0v) is 13.6. The van der Waals surface area contributed by atoms with Gasteiger partial charge in [-0.05, 0) is 37.0 Å². The maximum atomic E-state index is 11.2. The second kappa shape index (κ2) is 10.2. The maximum absolute atomic E-state index is 11.2. The van der Waals surface area contributed by atoms with Crippen molar-refractivity contribution in [3.8, 4) is 0 Å². The van der Waals surface area contributed by atoms with Crippen LogP contribution >= 0.6 is 0 Å². The maximum Gasteiger partial charge on any atom is 0.334 e. The van der Waals surface area contributed by atoms with Crippen molar-refractivity contribution in [2.24, 2.45) is 17.8 Å². The molecule has 0 saturated carbocycles. The Morgan fingerprint density at radius 2 is 1.55 bits per heavy atom. The van der Waals surface area contributed by atoms with Crippen LogP contribution in [0.25, 0.3) is 0 Å². The molecule has 120 valence electrons. The zero-order chi connectivity index (χ0) is 15.7. The third kappa shape index (κ3) is 7.85. The fourth-order valence-electron chi connectivity index (χ4n) is 2.27. The number of carbonyl (C=O) groups excluding carboxylic acids is 1. The predicted octanol–water partition coefficient (Wildman–Crippen LogP) is 2.76. The van der Waals surface area contributed by atoms with Gasteiger partial charge in [-0.15, -0.1) is 0 Å². The van der Waals surface area contributed by atoms with Gasteiger partial charge in [0.05, 0.1) is 13.2 Å². The summed E-state index contributed by atoms with van der Waals surface area (Å²) in [5, 5.41) is 19.8. The number of esters is 1. The van der Waals surface area contributed by atoms with Crippen LogP contribution in [-0.2, 0) is 9.53 Å². The lowest BCUT2D eigenvalue weighted by Gasteiger charge is -2.22. The molecule has 0 bridgehead atoms. The van der Waals surface area contributed by atoms with Gasteiger partial charge < -0.3 is 14.9 Å². The highest BCUT2D eigenvalue weighted by Crippen LogP contribution is 2.21. The van der Waals surface area contributed by atoms with Gasteiger partial charge in [0.15, 0.2) is 6.10 Å². The molecule has 0 fully saturated rings. The number of hydrogen-bond donors (Lipinski definition) is 2. The minimum atomic E-state index is -1.09. The summed E-state index contributed by atoms with van der Waals surface area (Å²) in [5.41, 5.74) is 0. The van der Waals surface area contributed by atoms with E-state index in [1.54, 1.807) is 6.92 Å². The van der Waals surface area contributed by atoms with E-state index in [-0.39, 0.29) is 17.9 Å². The molecule has 2 N–H and O–H groups in total. The van der Waals surface area contributed by atoms with Gasteiger partial charge in [-0.25, -0.2) is 4.79 Å². The molecule has 0 amide bonds. The highest BCUT2D eigenvalue weighted by Gasteiger charge is 2.24. The largest absolute Gasteiger partial charge is 0.467 e. The van der Waals surface area contributed by atoms with Crippen LogP contribution in [0.5, 0.6) is 0 Å². The number of methoxy groups -OCH3 is 1. The number of hydrogen-bond acceptors (Lipinski definition) is 4. The van der Waals surface area contributed by atoms with Crippen molar-refractivity contribution < 1.29 is 19.7 Å². The fourth-order valence-corrected chi connectivity index (χ4v) is 2.27. The summed E-state index contributed by atoms with van der Waals surface area (Å²) < 4.78 is 4.51.